The molecule has 106 valence electrons. The quantitative estimate of drug-likeness (QED) is 0.836. The summed E-state index contributed by atoms with van der Waals surface area (Å²) >= 11 is 3.55. The molecule has 0 spiro atoms. The zero-order valence-corrected chi connectivity index (χ0v) is 12.5. The van der Waals surface area contributed by atoms with Gasteiger partial charge in [-0.05, 0) is 17.7 Å². The fourth-order valence-corrected chi connectivity index (χ4v) is 3.75. The van der Waals surface area contributed by atoms with Gasteiger partial charge in [0.25, 0.3) is 0 Å². The van der Waals surface area contributed by atoms with E-state index >= 15 is 0 Å². The third-order valence-corrected chi connectivity index (χ3v) is 4.61. The lowest BCUT2D eigenvalue weighted by Crippen LogP contribution is -2.44. The van der Waals surface area contributed by atoms with Crippen LogP contribution in [0.2, 0.25) is 0 Å². The summed E-state index contributed by atoms with van der Waals surface area (Å²) in [5, 5.41) is 3.08. The predicted octanol–water partition coefficient (Wildman–Crippen LogP) is 1.21. The summed E-state index contributed by atoms with van der Waals surface area (Å²) in [6.45, 7) is 2.61. The van der Waals surface area contributed by atoms with Crippen molar-refractivity contribution in [3.63, 3.8) is 0 Å². The van der Waals surface area contributed by atoms with Crippen molar-refractivity contribution >= 4 is 21.8 Å². The zero-order valence-electron chi connectivity index (χ0n) is 10.9. The van der Waals surface area contributed by atoms with Gasteiger partial charge in [-0.2, -0.15) is 0 Å². The molecule has 2 unspecified atom stereocenters. The summed E-state index contributed by atoms with van der Waals surface area (Å²) in [6, 6.07) is 3.97. The molecular formula is C14H15BrN2O3. The Balaban J connectivity index is 1.76. The lowest BCUT2D eigenvalue weighted by Gasteiger charge is -2.32. The van der Waals surface area contributed by atoms with Crippen LogP contribution in [-0.4, -0.2) is 43.2 Å². The molecule has 4 rings (SSSR count). The van der Waals surface area contributed by atoms with Crippen molar-refractivity contribution in [2.24, 2.45) is 0 Å². The Morgan fingerprint density at radius 2 is 2.25 bits per heavy atom. The lowest BCUT2D eigenvalue weighted by atomic mass is 10.1. The Labute approximate surface area is 125 Å². The Kier molecular flexibility index (Phi) is 2.98. The SMILES string of the molecule is O=C1NC(c2cc(Br)cc3c2OCC3)N2CCOCC12. The monoisotopic (exact) mass is 338 g/mol. The van der Waals surface area contributed by atoms with Gasteiger partial charge in [-0.25, -0.2) is 0 Å². The summed E-state index contributed by atoms with van der Waals surface area (Å²) < 4.78 is 12.2. The average Bonchev–Trinajstić information content (AvgIpc) is 3.03. The molecule has 3 aliphatic rings. The Morgan fingerprint density at radius 3 is 3.15 bits per heavy atom. The molecule has 0 radical (unpaired) electrons. The van der Waals surface area contributed by atoms with E-state index in [2.05, 4.69) is 32.2 Å². The van der Waals surface area contributed by atoms with E-state index in [4.69, 9.17) is 9.47 Å². The van der Waals surface area contributed by atoms with Crippen molar-refractivity contribution in [2.75, 3.05) is 26.4 Å². The molecule has 6 heteroatoms. The molecule has 1 aromatic rings. The zero-order chi connectivity index (χ0) is 13.7. The molecule has 1 N–H and O–H groups in total. The van der Waals surface area contributed by atoms with Crippen molar-refractivity contribution in [2.45, 2.75) is 18.6 Å². The second kappa shape index (κ2) is 4.72. The molecule has 3 aliphatic heterocycles. The number of morpholine rings is 1. The van der Waals surface area contributed by atoms with Gasteiger partial charge in [0.1, 0.15) is 18.0 Å². The number of benzene rings is 1. The number of ether oxygens (including phenoxy) is 2. The highest BCUT2D eigenvalue weighted by atomic mass is 79.9. The molecule has 3 heterocycles. The van der Waals surface area contributed by atoms with E-state index in [9.17, 15) is 4.79 Å². The number of amides is 1. The molecule has 1 aromatic carbocycles. The smallest absolute Gasteiger partial charge is 0.241 e. The average molecular weight is 339 g/mol. The van der Waals surface area contributed by atoms with Crippen LogP contribution in [0.15, 0.2) is 16.6 Å². The number of nitrogens with zero attached hydrogens (tertiary/aromatic N) is 1. The first-order valence-electron chi connectivity index (χ1n) is 6.83. The van der Waals surface area contributed by atoms with Gasteiger partial charge >= 0.3 is 0 Å². The highest BCUT2D eigenvalue weighted by Crippen LogP contribution is 2.40. The molecule has 1 amide bonds. The highest BCUT2D eigenvalue weighted by molar-refractivity contribution is 9.10. The van der Waals surface area contributed by atoms with E-state index in [1.807, 2.05) is 6.07 Å². The number of nitrogens with one attached hydrogen (secondary N) is 1. The third kappa shape index (κ3) is 1.86. The number of hydrogen-bond donors (Lipinski definition) is 1. The maximum absolute atomic E-state index is 12.1. The van der Waals surface area contributed by atoms with E-state index in [1.54, 1.807) is 0 Å². The molecule has 0 bridgehead atoms. The van der Waals surface area contributed by atoms with Crippen molar-refractivity contribution in [1.29, 1.82) is 0 Å². The topological polar surface area (TPSA) is 50.8 Å². The molecule has 2 saturated heterocycles. The second-order valence-electron chi connectivity index (χ2n) is 5.32. The number of carbonyl (C=O) groups is 1. The van der Waals surface area contributed by atoms with Gasteiger partial charge in [0, 0.05) is 23.0 Å². The van der Waals surface area contributed by atoms with Crippen LogP contribution in [0.3, 0.4) is 0 Å². The molecule has 2 fully saturated rings. The van der Waals surface area contributed by atoms with Gasteiger partial charge in [-0.3, -0.25) is 9.69 Å². The Hall–Kier alpha value is -1.11. The van der Waals surface area contributed by atoms with Gasteiger partial charge in [0.15, 0.2) is 0 Å². The van der Waals surface area contributed by atoms with Gasteiger partial charge in [-0.1, -0.05) is 15.9 Å². The standard InChI is InChI=1S/C14H15BrN2O3/c15-9-5-8-1-3-20-12(8)10(6-9)13-16-14(18)11-7-19-4-2-17(11)13/h5-6,11,13H,1-4,7H2,(H,16,18). The van der Waals surface area contributed by atoms with Gasteiger partial charge < -0.3 is 14.8 Å². The number of carbonyl (C=O) groups excluding carboxylic acids is 1. The minimum Gasteiger partial charge on any atom is -0.493 e. The van der Waals surface area contributed by atoms with Crippen LogP contribution >= 0.6 is 15.9 Å². The van der Waals surface area contributed by atoms with Crippen molar-refractivity contribution in [3.8, 4) is 5.75 Å². The van der Waals surface area contributed by atoms with Crippen molar-refractivity contribution < 1.29 is 14.3 Å². The molecule has 0 saturated carbocycles. The fourth-order valence-electron chi connectivity index (χ4n) is 3.22. The van der Waals surface area contributed by atoms with Crippen LogP contribution in [0.4, 0.5) is 0 Å². The lowest BCUT2D eigenvalue weighted by molar-refractivity contribution is -0.125. The molecular weight excluding hydrogens is 324 g/mol. The normalized spacial score (nSPS) is 28.8. The molecule has 2 atom stereocenters. The summed E-state index contributed by atoms with van der Waals surface area (Å²) in [5.74, 6) is 0.979. The van der Waals surface area contributed by atoms with Crippen molar-refractivity contribution in [3.05, 3.63) is 27.7 Å². The van der Waals surface area contributed by atoms with E-state index in [1.165, 1.54) is 5.56 Å². The maximum Gasteiger partial charge on any atom is 0.241 e. The predicted molar refractivity (Wildman–Crippen MR) is 75.5 cm³/mol. The highest BCUT2D eigenvalue weighted by Gasteiger charge is 2.43. The van der Waals surface area contributed by atoms with E-state index < -0.39 is 0 Å². The van der Waals surface area contributed by atoms with Crippen molar-refractivity contribution in [1.82, 2.24) is 10.2 Å². The van der Waals surface area contributed by atoms with Gasteiger partial charge in [0.05, 0.1) is 19.8 Å². The largest absolute Gasteiger partial charge is 0.493 e. The Bertz CT molecular complexity index is 578. The molecule has 20 heavy (non-hydrogen) atoms. The van der Waals surface area contributed by atoms with Crippen LogP contribution in [0.25, 0.3) is 0 Å². The van der Waals surface area contributed by atoms with Gasteiger partial charge in [-0.15, -0.1) is 0 Å². The second-order valence-corrected chi connectivity index (χ2v) is 6.24. The Morgan fingerprint density at radius 1 is 1.35 bits per heavy atom. The fraction of sp³-hybridized carbons (Fsp3) is 0.500. The summed E-state index contributed by atoms with van der Waals surface area (Å²) in [6.07, 6.45) is 0.815. The molecule has 0 aromatic heterocycles. The first-order chi connectivity index (χ1) is 9.74. The van der Waals surface area contributed by atoms with Gasteiger partial charge in [0.2, 0.25) is 5.91 Å². The summed E-state index contributed by atoms with van der Waals surface area (Å²) in [5.41, 5.74) is 2.25. The van der Waals surface area contributed by atoms with Crippen LogP contribution < -0.4 is 10.1 Å². The molecule has 5 nitrogen and oxygen atoms in total. The summed E-state index contributed by atoms with van der Waals surface area (Å²) in [4.78, 5) is 14.3. The first kappa shape index (κ1) is 12.6. The number of hydrogen-bond acceptors (Lipinski definition) is 4. The third-order valence-electron chi connectivity index (χ3n) is 4.15. The number of fused-ring (bicyclic) bond motifs is 2. The van der Waals surface area contributed by atoms with Crippen LogP contribution in [0.1, 0.15) is 17.3 Å². The molecule has 0 aliphatic carbocycles. The minimum atomic E-state index is -0.176. The number of rotatable bonds is 1. The number of halogens is 1. The van der Waals surface area contributed by atoms with E-state index in [-0.39, 0.29) is 18.1 Å². The van der Waals surface area contributed by atoms with Crippen LogP contribution in [0.5, 0.6) is 5.75 Å². The van der Waals surface area contributed by atoms with E-state index in [0.717, 1.165) is 28.8 Å². The maximum atomic E-state index is 12.1. The van der Waals surface area contributed by atoms with Crippen LogP contribution in [0, 0.1) is 0 Å². The van der Waals surface area contributed by atoms with Crippen LogP contribution in [-0.2, 0) is 16.0 Å². The summed E-state index contributed by atoms with van der Waals surface area (Å²) in [7, 11) is 0. The van der Waals surface area contributed by atoms with E-state index in [0.29, 0.717) is 19.8 Å². The minimum absolute atomic E-state index is 0.0430. The first-order valence-corrected chi connectivity index (χ1v) is 7.62.